The van der Waals surface area contributed by atoms with Crippen LogP contribution in [-0.4, -0.2) is 41.7 Å². The first-order chi connectivity index (χ1) is 12.5. The van der Waals surface area contributed by atoms with E-state index in [0.29, 0.717) is 13.0 Å². The number of methoxy groups -OCH3 is 1. The van der Waals surface area contributed by atoms with Crippen LogP contribution >= 0.6 is 0 Å². The summed E-state index contributed by atoms with van der Waals surface area (Å²) in [5, 5.41) is 10.6. The highest BCUT2D eigenvalue weighted by Crippen LogP contribution is 2.30. The van der Waals surface area contributed by atoms with E-state index in [1.54, 1.807) is 7.11 Å². The molecule has 2 aromatic carbocycles. The SMILES string of the molecule is COc1ccccc1-c1ccc(CN2CCCC(O)(CC(N)=O)C2)cc1. The number of ether oxygens (including phenoxy) is 1. The third-order valence-corrected chi connectivity index (χ3v) is 4.92. The standard InChI is InChI=1S/C21H26N2O3/c1-26-19-6-3-2-5-18(19)17-9-7-16(8-10-17)14-23-12-4-11-21(25,15-23)13-20(22)24/h2-3,5-10,25H,4,11-15H2,1H3,(H2,22,24). The summed E-state index contributed by atoms with van der Waals surface area (Å²) in [5.74, 6) is 0.406. The first-order valence-electron chi connectivity index (χ1n) is 8.94. The van der Waals surface area contributed by atoms with E-state index in [4.69, 9.17) is 10.5 Å². The van der Waals surface area contributed by atoms with Crippen LogP contribution in [0.5, 0.6) is 5.75 Å². The molecule has 1 aliphatic heterocycles. The van der Waals surface area contributed by atoms with Crippen LogP contribution in [0, 0.1) is 0 Å². The van der Waals surface area contributed by atoms with E-state index >= 15 is 0 Å². The fourth-order valence-corrected chi connectivity index (χ4v) is 3.74. The molecule has 1 amide bonds. The molecule has 0 saturated carbocycles. The predicted octanol–water partition coefficient (Wildman–Crippen LogP) is 2.56. The lowest BCUT2D eigenvalue weighted by Crippen LogP contribution is -2.49. The number of carbonyl (C=O) groups is 1. The Labute approximate surface area is 154 Å². The Morgan fingerprint density at radius 3 is 2.65 bits per heavy atom. The summed E-state index contributed by atoms with van der Waals surface area (Å²) < 4.78 is 5.43. The number of hydrogen-bond donors (Lipinski definition) is 2. The zero-order chi connectivity index (χ0) is 18.6. The Kier molecular flexibility index (Phi) is 5.59. The maximum Gasteiger partial charge on any atom is 0.220 e. The fourth-order valence-electron chi connectivity index (χ4n) is 3.74. The second kappa shape index (κ2) is 7.89. The van der Waals surface area contributed by atoms with E-state index < -0.39 is 11.5 Å². The molecule has 3 N–H and O–H groups in total. The number of benzene rings is 2. The largest absolute Gasteiger partial charge is 0.496 e. The van der Waals surface area contributed by atoms with Gasteiger partial charge in [0.15, 0.2) is 0 Å². The van der Waals surface area contributed by atoms with Crippen LogP contribution in [-0.2, 0) is 11.3 Å². The van der Waals surface area contributed by atoms with Gasteiger partial charge in [0.05, 0.1) is 19.1 Å². The molecule has 5 heteroatoms. The number of carbonyl (C=O) groups excluding carboxylic acids is 1. The number of primary amides is 1. The molecule has 0 bridgehead atoms. The molecule has 138 valence electrons. The molecule has 26 heavy (non-hydrogen) atoms. The topological polar surface area (TPSA) is 75.8 Å². The maximum atomic E-state index is 11.2. The van der Waals surface area contributed by atoms with Gasteiger partial charge in [0.2, 0.25) is 5.91 Å². The number of nitrogens with two attached hydrogens (primary N) is 1. The average Bonchev–Trinajstić information content (AvgIpc) is 2.61. The zero-order valence-electron chi connectivity index (χ0n) is 15.1. The van der Waals surface area contributed by atoms with Gasteiger partial charge in [-0.05, 0) is 36.6 Å². The average molecular weight is 354 g/mol. The number of nitrogens with zero attached hydrogens (tertiary/aromatic N) is 1. The second-order valence-corrected chi connectivity index (χ2v) is 7.08. The van der Waals surface area contributed by atoms with Crippen molar-refractivity contribution in [3.8, 4) is 16.9 Å². The molecule has 0 radical (unpaired) electrons. The Morgan fingerprint density at radius 1 is 1.23 bits per heavy atom. The minimum atomic E-state index is -0.999. The van der Waals surface area contributed by atoms with Gasteiger partial charge >= 0.3 is 0 Å². The second-order valence-electron chi connectivity index (χ2n) is 7.08. The molecule has 1 heterocycles. The minimum Gasteiger partial charge on any atom is -0.496 e. The van der Waals surface area contributed by atoms with Crippen molar-refractivity contribution in [2.75, 3.05) is 20.2 Å². The normalized spacial score (nSPS) is 20.7. The first kappa shape index (κ1) is 18.4. The highest BCUT2D eigenvalue weighted by molar-refractivity contribution is 5.75. The number of likely N-dealkylation sites (tertiary alicyclic amines) is 1. The van der Waals surface area contributed by atoms with Crippen LogP contribution in [0.15, 0.2) is 48.5 Å². The molecule has 1 unspecified atom stereocenters. The van der Waals surface area contributed by atoms with E-state index in [1.807, 2.05) is 24.3 Å². The van der Waals surface area contributed by atoms with Crippen LogP contribution in [0.3, 0.4) is 0 Å². The van der Waals surface area contributed by atoms with Gasteiger partial charge in [-0.1, -0.05) is 42.5 Å². The van der Waals surface area contributed by atoms with Crippen LogP contribution in [0.1, 0.15) is 24.8 Å². The predicted molar refractivity (Wildman–Crippen MR) is 102 cm³/mol. The highest BCUT2D eigenvalue weighted by Gasteiger charge is 2.34. The fraction of sp³-hybridized carbons (Fsp3) is 0.381. The van der Waals surface area contributed by atoms with Crippen LogP contribution < -0.4 is 10.5 Å². The number of hydrogen-bond acceptors (Lipinski definition) is 4. The number of rotatable bonds is 6. The molecule has 1 fully saturated rings. The summed E-state index contributed by atoms with van der Waals surface area (Å²) in [5.41, 5.74) is 7.62. The number of β-amino-alcohol motifs (C(OH)–C–C–N with tert-alkyl or cyclic N) is 1. The number of piperidine rings is 1. The van der Waals surface area contributed by atoms with Gasteiger partial charge in [0.25, 0.3) is 0 Å². The molecule has 2 aromatic rings. The summed E-state index contributed by atoms with van der Waals surface area (Å²) in [6.07, 6.45) is 1.51. The summed E-state index contributed by atoms with van der Waals surface area (Å²) in [7, 11) is 1.68. The monoisotopic (exact) mass is 354 g/mol. The van der Waals surface area contributed by atoms with Gasteiger partial charge in [0.1, 0.15) is 5.75 Å². The molecule has 1 aliphatic rings. The number of aliphatic hydroxyl groups is 1. The van der Waals surface area contributed by atoms with Crippen molar-refractivity contribution in [3.63, 3.8) is 0 Å². The molecular formula is C21H26N2O3. The van der Waals surface area contributed by atoms with E-state index in [0.717, 1.165) is 36.4 Å². The van der Waals surface area contributed by atoms with Crippen molar-refractivity contribution in [2.45, 2.75) is 31.4 Å². The number of para-hydroxylation sites is 1. The first-order valence-corrected chi connectivity index (χ1v) is 8.94. The molecule has 0 aliphatic carbocycles. The highest BCUT2D eigenvalue weighted by atomic mass is 16.5. The van der Waals surface area contributed by atoms with Crippen LogP contribution in [0.2, 0.25) is 0 Å². The van der Waals surface area contributed by atoms with Gasteiger partial charge in [-0.15, -0.1) is 0 Å². The van der Waals surface area contributed by atoms with Crippen molar-refractivity contribution in [1.82, 2.24) is 4.90 Å². The van der Waals surface area contributed by atoms with Gasteiger partial charge in [-0.3, -0.25) is 9.69 Å². The lowest BCUT2D eigenvalue weighted by Gasteiger charge is -2.38. The molecule has 0 aromatic heterocycles. The molecule has 3 rings (SSSR count). The quantitative estimate of drug-likeness (QED) is 0.836. The lowest BCUT2D eigenvalue weighted by atomic mass is 9.89. The third-order valence-electron chi connectivity index (χ3n) is 4.92. The van der Waals surface area contributed by atoms with Gasteiger partial charge in [0, 0.05) is 18.7 Å². The molecular weight excluding hydrogens is 328 g/mol. The lowest BCUT2D eigenvalue weighted by molar-refractivity contribution is -0.125. The van der Waals surface area contributed by atoms with Gasteiger partial charge in [-0.2, -0.15) is 0 Å². The minimum absolute atomic E-state index is 0.0240. The summed E-state index contributed by atoms with van der Waals surface area (Å²) >= 11 is 0. The smallest absolute Gasteiger partial charge is 0.220 e. The Balaban J connectivity index is 1.68. The van der Waals surface area contributed by atoms with Crippen LogP contribution in [0.25, 0.3) is 11.1 Å². The van der Waals surface area contributed by atoms with E-state index in [-0.39, 0.29) is 6.42 Å². The Morgan fingerprint density at radius 2 is 1.96 bits per heavy atom. The molecule has 1 saturated heterocycles. The molecule has 5 nitrogen and oxygen atoms in total. The van der Waals surface area contributed by atoms with Gasteiger partial charge in [-0.25, -0.2) is 0 Å². The molecule has 1 atom stereocenters. The van der Waals surface area contributed by atoms with Crippen molar-refractivity contribution in [1.29, 1.82) is 0 Å². The molecule has 0 spiro atoms. The Hall–Kier alpha value is -2.37. The van der Waals surface area contributed by atoms with Crippen molar-refractivity contribution in [2.24, 2.45) is 5.73 Å². The summed E-state index contributed by atoms with van der Waals surface area (Å²) in [6, 6.07) is 16.3. The van der Waals surface area contributed by atoms with E-state index in [1.165, 1.54) is 5.56 Å². The van der Waals surface area contributed by atoms with E-state index in [9.17, 15) is 9.90 Å². The third kappa shape index (κ3) is 4.42. The van der Waals surface area contributed by atoms with Gasteiger partial charge < -0.3 is 15.6 Å². The Bertz CT molecular complexity index is 760. The zero-order valence-corrected chi connectivity index (χ0v) is 15.1. The summed E-state index contributed by atoms with van der Waals surface area (Å²) in [6.45, 7) is 2.13. The van der Waals surface area contributed by atoms with Crippen molar-refractivity contribution >= 4 is 5.91 Å². The maximum absolute atomic E-state index is 11.2. The van der Waals surface area contributed by atoms with Crippen molar-refractivity contribution < 1.29 is 14.6 Å². The van der Waals surface area contributed by atoms with Crippen molar-refractivity contribution in [3.05, 3.63) is 54.1 Å². The van der Waals surface area contributed by atoms with Crippen LogP contribution in [0.4, 0.5) is 0 Å². The number of amides is 1. The summed E-state index contributed by atoms with van der Waals surface area (Å²) in [4.78, 5) is 13.4. The van der Waals surface area contributed by atoms with E-state index in [2.05, 4.69) is 29.2 Å².